The summed E-state index contributed by atoms with van der Waals surface area (Å²) in [6, 6.07) is 4.04. The molecule has 1 aromatic heterocycles. The minimum Gasteiger partial charge on any atom is -0.468 e. The molecule has 4 heteroatoms. The third kappa shape index (κ3) is 3.24. The van der Waals surface area contributed by atoms with Crippen molar-refractivity contribution < 1.29 is 13.9 Å². The van der Waals surface area contributed by atoms with E-state index in [0.29, 0.717) is 6.10 Å². The molecular formula is C18H27NO3. The molecule has 0 aromatic carbocycles. The van der Waals surface area contributed by atoms with Crippen molar-refractivity contribution in [2.75, 3.05) is 32.9 Å². The van der Waals surface area contributed by atoms with Gasteiger partial charge in [-0.3, -0.25) is 4.90 Å². The Bertz CT molecular complexity index is 471. The van der Waals surface area contributed by atoms with Gasteiger partial charge in [-0.25, -0.2) is 0 Å². The van der Waals surface area contributed by atoms with E-state index >= 15 is 0 Å². The van der Waals surface area contributed by atoms with Crippen molar-refractivity contribution in [3.05, 3.63) is 24.2 Å². The first-order valence-electron chi connectivity index (χ1n) is 8.78. The number of hydrogen-bond donors (Lipinski definition) is 0. The van der Waals surface area contributed by atoms with Gasteiger partial charge in [0.25, 0.3) is 0 Å². The summed E-state index contributed by atoms with van der Waals surface area (Å²) in [4.78, 5) is 2.52. The molecule has 0 bridgehead atoms. The topological polar surface area (TPSA) is 34.8 Å². The van der Waals surface area contributed by atoms with Gasteiger partial charge >= 0.3 is 0 Å². The highest BCUT2D eigenvalue weighted by Crippen LogP contribution is 2.41. The minimum atomic E-state index is 0.192. The third-order valence-corrected chi connectivity index (χ3v) is 5.47. The number of hydrogen-bond acceptors (Lipinski definition) is 4. The maximum absolute atomic E-state index is 6.11. The van der Waals surface area contributed by atoms with Gasteiger partial charge in [0.2, 0.25) is 0 Å². The second kappa shape index (κ2) is 6.34. The summed E-state index contributed by atoms with van der Waals surface area (Å²) < 4.78 is 17.7. The first-order chi connectivity index (χ1) is 10.8. The summed E-state index contributed by atoms with van der Waals surface area (Å²) in [6.45, 7) is 5.81. The van der Waals surface area contributed by atoms with Crippen molar-refractivity contribution in [2.45, 2.75) is 44.8 Å². The van der Waals surface area contributed by atoms with Crippen LogP contribution in [0.15, 0.2) is 22.8 Å². The van der Waals surface area contributed by atoms with Crippen LogP contribution in [0.3, 0.4) is 0 Å². The molecule has 122 valence electrons. The van der Waals surface area contributed by atoms with E-state index in [1.807, 2.05) is 6.07 Å². The number of rotatable bonds is 6. The summed E-state index contributed by atoms with van der Waals surface area (Å²) in [5.41, 5.74) is 0.192. The summed E-state index contributed by atoms with van der Waals surface area (Å²) in [7, 11) is 0. The number of piperidine rings is 1. The van der Waals surface area contributed by atoms with Gasteiger partial charge in [-0.1, -0.05) is 0 Å². The molecule has 4 rings (SSSR count). The van der Waals surface area contributed by atoms with Crippen LogP contribution < -0.4 is 0 Å². The Kier molecular flexibility index (Phi) is 4.25. The minimum absolute atomic E-state index is 0.192. The molecule has 0 unspecified atom stereocenters. The smallest absolute Gasteiger partial charge is 0.117 e. The summed E-state index contributed by atoms with van der Waals surface area (Å²) in [5, 5.41) is 0. The van der Waals surface area contributed by atoms with Gasteiger partial charge in [0.15, 0.2) is 0 Å². The van der Waals surface area contributed by atoms with Crippen LogP contribution in [0.25, 0.3) is 0 Å². The van der Waals surface area contributed by atoms with E-state index in [0.717, 1.165) is 64.0 Å². The highest BCUT2D eigenvalue weighted by atomic mass is 16.5. The van der Waals surface area contributed by atoms with Crippen molar-refractivity contribution in [3.63, 3.8) is 0 Å². The zero-order valence-electron chi connectivity index (χ0n) is 13.3. The van der Waals surface area contributed by atoms with Gasteiger partial charge in [0.05, 0.1) is 25.5 Å². The van der Waals surface area contributed by atoms with Crippen LogP contribution in [0.5, 0.6) is 0 Å². The highest BCUT2D eigenvalue weighted by molar-refractivity contribution is 5.01. The van der Waals surface area contributed by atoms with E-state index in [1.165, 1.54) is 19.3 Å². The summed E-state index contributed by atoms with van der Waals surface area (Å²) >= 11 is 0. The van der Waals surface area contributed by atoms with Crippen LogP contribution in [0.4, 0.5) is 0 Å². The second-order valence-corrected chi connectivity index (χ2v) is 7.36. The SMILES string of the molecule is c1coc(CN2CC[C@H]3OCCC[C@]3(COCC3CC3)C2)c1. The van der Waals surface area contributed by atoms with Crippen LogP contribution in [-0.2, 0) is 16.0 Å². The van der Waals surface area contributed by atoms with Crippen molar-refractivity contribution in [1.82, 2.24) is 4.90 Å². The molecule has 3 heterocycles. The van der Waals surface area contributed by atoms with Gasteiger partial charge < -0.3 is 13.9 Å². The predicted molar refractivity (Wildman–Crippen MR) is 83.6 cm³/mol. The maximum Gasteiger partial charge on any atom is 0.117 e. The molecule has 22 heavy (non-hydrogen) atoms. The molecular weight excluding hydrogens is 278 g/mol. The van der Waals surface area contributed by atoms with E-state index in [2.05, 4.69) is 11.0 Å². The first-order valence-corrected chi connectivity index (χ1v) is 8.78. The molecule has 0 spiro atoms. The van der Waals surface area contributed by atoms with Crippen LogP contribution in [-0.4, -0.2) is 43.9 Å². The molecule has 2 atom stereocenters. The molecule has 3 aliphatic rings. The van der Waals surface area contributed by atoms with Gasteiger partial charge in [-0.05, 0) is 50.2 Å². The Balaban J connectivity index is 1.40. The summed E-state index contributed by atoms with van der Waals surface area (Å²) in [6.07, 6.45) is 8.38. The standard InChI is InChI=1S/C18H27NO3/c1-3-16(21-9-1)11-19-8-6-17-18(13-19,7-2-10-22-17)14-20-12-15-4-5-15/h1,3,9,15,17H,2,4-8,10-14H2/t17-,18-/m1/s1. The Morgan fingerprint density at radius 2 is 2.27 bits per heavy atom. The zero-order valence-corrected chi connectivity index (χ0v) is 13.3. The Morgan fingerprint density at radius 3 is 3.09 bits per heavy atom. The van der Waals surface area contributed by atoms with E-state index < -0.39 is 0 Å². The molecule has 1 aliphatic carbocycles. The van der Waals surface area contributed by atoms with E-state index in [1.54, 1.807) is 6.26 Å². The molecule has 0 N–H and O–H groups in total. The van der Waals surface area contributed by atoms with Crippen molar-refractivity contribution in [1.29, 1.82) is 0 Å². The number of fused-ring (bicyclic) bond motifs is 1. The van der Waals surface area contributed by atoms with Gasteiger partial charge in [-0.15, -0.1) is 0 Å². The maximum atomic E-state index is 6.11. The summed E-state index contributed by atoms with van der Waals surface area (Å²) in [5.74, 6) is 1.89. The fourth-order valence-corrected chi connectivity index (χ4v) is 4.06. The third-order valence-electron chi connectivity index (χ3n) is 5.47. The molecule has 4 nitrogen and oxygen atoms in total. The number of nitrogens with zero attached hydrogens (tertiary/aromatic N) is 1. The lowest BCUT2D eigenvalue weighted by Gasteiger charge is -2.50. The normalized spacial score (nSPS) is 32.8. The van der Waals surface area contributed by atoms with E-state index in [9.17, 15) is 0 Å². The van der Waals surface area contributed by atoms with Crippen molar-refractivity contribution >= 4 is 0 Å². The Labute approximate surface area is 132 Å². The molecule has 2 aliphatic heterocycles. The molecule has 1 saturated carbocycles. The quantitative estimate of drug-likeness (QED) is 0.809. The van der Waals surface area contributed by atoms with Crippen molar-refractivity contribution in [3.8, 4) is 0 Å². The Morgan fingerprint density at radius 1 is 1.32 bits per heavy atom. The molecule has 0 amide bonds. The second-order valence-electron chi connectivity index (χ2n) is 7.36. The monoisotopic (exact) mass is 305 g/mol. The number of likely N-dealkylation sites (tertiary alicyclic amines) is 1. The fraction of sp³-hybridized carbons (Fsp3) is 0.778. The predicted octanol–water partition coefficient (Wildman–Crippen LogP) is 3.08. The molecule has 2 saturated heterocycles. The zero-order chi connectivity index (χ0) is 14.8. The van der Waals surface area contributed by atoms with E-state index in [-0.39, 0.29) is 5.41 Å². The molecule has 3 fully saturated rings. The van der Waals surface area contributed by atoms with Crippen LogP contribution in [0.2, 0.25) is 0 Å². The van der Waals surface area contributed by atoms with Gasteiger partial charge in [0, 0.05) is 31.7 Å². The lowest BCUT2D eigenvalue weighted by molar-refractivity contribution is -0.155. The van der Waals surface area contributed by atoms with Gasteiger partial charge in [-0.2, -0.15) is 0 Å². The Hall–Kier alpha value is -0.840. The van der Waals surface area contributed by atoms with Crippen LogP contribution in [0, 0.1) is 11.3 Å². The van der Waals surface area contributed by atoms with Crippen LogP contribution in [0.1, 0.15) is 37.9 Å². The van der Waals surface area contributed by atoms with Gasteiger partial charge in [0.1, 0.15) is 5.76 Å². The van der Waals surface area contributed by atoms with E-state index in [4.69, 9.17) is 13.9 Å². The molecule has 1 aromatic rings. The first kappa shape index (κ1) is 14.7. The fourth-order valence-electron chi connectivity index (χ4n) is 4.06. The number of ether oxygens (including phenoxy) is 2. The lowest BCUT2D eigenvalue weighted by atomic mass is 9.73. The molecule has 0 radical (unpaired) electrons. The van der Waals surface area contributed by atoms with Crippen LogP contribution >= 0.6 is 0 Å². The largest absolute Gasteiger partial charge is 0.468 e. The average Bonchev–Trinajstić information content (AvgIpc) is 3.22. The lowest BCUT2D eigenvalue weighted by Crippen LogP contribution is -2.56. The van der Waals surface area contributed by atoms with Crippen molar-refractivity contribution in [2.24, 2.45) is 11.3 Å². The average molecular weight is 305 g/mol. The highest BCUT2D eigenvalue weighted by Gasteiger charge is 2.46. The number of furan rings is 1.